The maximum absolute atomic E-state index is 13.8. The number of aliphatic imine (C=N–C) groups is 1. The Balaban J connectivity index is 1.92. The van der Waals surface area contributed by atoms with Crippen molar-refractivity contribution >= 4 is 23.0 Å². The Bertz CT molecular complexity index is 1030. The molecule has 1 saturated carbocycles. The molecule has 1 amide bonds. The molecule has 0 saturated heterocycles. The second kappa shape index (κ2) is 9.68. The zero-order valence-electron chi connectivity index (χ0n) is 20.3. The lowest BCUT2D eigenvalue weighted by molar-refractivity contribution is -0.119. The van der Waals surface area contributed by atoms with E-state index in [4.69, 9.17) is 9.73 Å². The molecule has 3 atom stereocenters. The average molecular weight is 449 g/mol. The van der Waals surface area contributed by atoms with E-state index in [0.29, 0.717) is 12.8 Å². The van der Waals surface area contributed by atoms with Gasteiger partial charge in [0.05, 0.1) is 30.6 Å². The van der Waals surface area contributed by atoms with Crippen molar-refractivity contribution in [3.8, 4) is 5.75 Å². The first-order chi connectivity index (χ1) is 15.9. The third-order valence-corrected chi connectivity index (χ3v) is 6.96. The van der Waals surface area contributed by atoms with Gasteiger partial charge in [-0.15, -0.1) is 0 Å². The highest BCUT2D eigenvalue weighted by atomic mass is 16.5. The van der Waals surface area contributed by atoms with Gasteiger partial charge in [-0.05, 0) is 42.9 Å². The monoisotopic (exact) mass is 448 g/mol. The maximum Gasteiger partial charge on any atom is 0.227 e. The molecule has 176 valence electrons. The summed E-state index contributed by atoms with van der Waals surface area (Å²) in [6.07, 6.45) is 4.23. The lowest BCUT2D eigenvalue weighted by Crippen LogP contribution is -2.49. The fraction of sp³-hybridized carbons (Fsp3) is 0.500. The zero-order chi connectivity index (χ0) is 23.6. The highest BCUT2D eigenvalue weighted by Gasteiger charge is 2.48. The number of rotatable bonds is 6. The van der Waals surface area contributed by atoms with Gasteiger partial charge in [-0.3, -0.25) is 9.79 Å². The summed E-state index contributed by atoms with van der Waals surface area (Å²) in [7, 11) is 1.66. The van der Waals surface area contributed by atoms with E-state index >= 15 is 0 Å². The van der Waals surface area contributed by atoms with Crippen molar-refractivity contribution in [2.75, 3.05) is 12.0 Å². The van der Waals surface area contributed by atoms with Gasteiger partial charge in [0, 0.05) is 23.6 Å². The molecule has 0 radical (unpaired) electrons. The molecule has 1 heterocycles. The summed E-state index contributed by atoms with van der Waals surface area (Å²) < 4.78 is 5.75. The molecule has 1 N–H and O–H groups in total. The van der Waals surface area contributed by atoms with Crippen LogP contribution in [0.2, 0.25) is 0 Å². The van der Waals surface area contributed by atoms with Crippen molar-refractivity contribution in [3.05, 3.63) is 54.1 Å². The lowest BCUT2D eigenvalue weighted by Gasteiger charge is -2.45. The second-order valence-electron chi connectivity index (χ2n) is 10.1. The maximum atomic E-state index is 13.8. The SMILES string of the molecule is CCCCCC(=O)N1c2ccccc2N=C2CC(C)(C)C[C@H](O)[C@@H]2[C@@H]1c1ccccc1OC. The van der Waals surface area contributed by atoms with Gasteiger partial charge in [0.25, 0.3) is 0 Å². The van der Waals surface area contributed by atoms with Crippen molar-refractivity contribution in [2.45, 2.75) is 71.4 Å². The summed E-state index contributed by atoms with van der Waals surface area (Å²) in [5.41, 5.74) is 3.42. The number of benzene rings is 2. The third-order valence-electron chi connectivity index (χ3n) is 6.96. The number of aliphatic hydroxyl groups excluding tert-OH is 1. The molecule has 0 bridgehead atoms. The first kappa shape index (κ1) is 23.5. The average Bonchev–Trinajstić information content (AvgIpc) is 2.92. The first-order valence-electron chi connectivity index (χ1n) is 12.2. The zero-order valence-corrected chi connectivity index (χ0v) is 20.3. The molecule has 0 aromatic heterocycles. The van der Waals surface area contributed by atoms with Gasteiger partial charge >= 0.3 is 0 Å². The van der Waals surface area contributed by atoms with Crippen molar-refractivity contribution in [1.29, 1.82) is 0 Å². The van der Waals surface area contributed by atoms with E-state index in [2.05, 4.69) is 20.8 Å². The molecule has 5 heteroatoms. The van der Waals surface area contributed by atoms with Crippen LogP contribution in [0, 0.1) is 11.3 Å². The molecule has 1 aliphatic heterocycles. The smallest absolute Gasteiger partial charge is 0.227 e. The Morgan fingerprint density at radius 3 is 2.64 bits per heavy atom. The van der Waals surface area contributed by atoms with Crippen LogP contribution in [0.25, 0.3) is 0 Å². The molecule has 5 nitrogen and oxygen atoms in total. The summed E-state index contributed by atoms with van der Waals surface area (Å²) in [5, 5.41) is 11.5. The van der Waals surface area contributed by atoms with Crippen LogP contribution in [-0.4, -0.2) is 29.9 Å². The van der Waals surface area contributed by atoms with Gasteiger partial charge in [-0.1, -0.05) is 63.9 Å². The number of hydrogen-bond acceptors (Lipinski definition) is 4. The third kappa shape index (κ3) is 4.70. The van der Waals surface area contributed by atoms with E-state index in [0.717, 1.165) is 54.1 Å². The van der Waals surface area contributed by atoms with E-state index < -0.39 is 6.10 Å². The highest BCUT2D eigenvalue weighted by molar-refractivity contribution is 6.03. The molecular formula is C28H36N2O3. The molecular weight excluding hydrogens is 412 g/mol. The number of anilines is 1. The number of hydrogen-bond donors (Lipinski definition) is 1. The van der Waals surface area contributed by atoms with Crippen LogP contribution in [0.1, 0.15) is 70.9 Å². The predicted octanol–water partition coefficient (Wildman–Crippen LogP) is 6.23. The largest absolute Gasteiger partial charge is 0.496 e. The summed E-state index contributed by atoms with van der Waals surface area (Å²) in [5.74, 6) is 0.502. The van der Waals surface area contributed by atoms with Crippen molar-refractivity contribution < 1.29 is 14.6 Å². The van der Waals surface area contributed by atoms with Crippen LogP contribution >= 0.6 is 0 Å². The van der Waals surface area contributed by atoms with Gasteiger partial charge in [0.1, 0.15) is 5.75 Å². The topological polar surface area (TPSA) is 62.1 Å². The van der Waals surface area contributed by atoms with E-state index in [-0.39, 0.29) is 23.3 Å². The molecule has 2 aliphatic rings. The van der Waals surface area contributed by atoms with Crippen molar-refractivity contribution in [1.82, 2.24) is 0 Å². The van der Waals surface area contributed by atoms with E-state index in [1.165, 1.54) is 0 Å². The number of para-hydroxylation sites is 3. The minimum atomic E-state index is -0.609. The van der Waals surface area contributed by atoms with Crippen molar-refractivity contribution in [3.63, 3.8) is 0 Å². The number of ether oxygens (including phenoxy) is 1. The minimum Gasteiger partial charge on any atom is -0.496 e. The number of aliphatic hydroxyl groups is 1. The quantitative estimate of drug-likeness (QED) is 0.533. The molecule has 1 fully saturated rings. The fourth-order valence-corrected chi connectivity index (χ4v) is 5.51. The number of amides is 1. The van der Waals surface area contributed by atoms with Crippen LogP contribution in [0.5, 0.6) is 5.75 Å². The molecule has 2 aromatic carbocycles. The Morgan fingerprint density at radius 2 is 1.88 bits per heavy atom. The van der Waals surface area contributed by atoms with Crippen LogP contribution in [0.3, 0.4) is 0 Å². The van der Waals surface area contributed by atoms with Gasteiger partial charge in [-0.2, -0.15) is 0 Å². The van der Waals surface area contributed by atoms with Gasteiger partial charge in [-0.25, -0.2) is 0 Å². The number of nitrogens with zero attached hydrogens (tertiary/aromatic N) is 2. The van der Waals surface area contributed by atoms with Crippen LogP contribution in [0.15, 0.2) is 53.5 Å². The van der Waals surface area contributed by atoms with E-state index in [9.17, 15) is 9.90 Å². The number of fused-ring (bicyclic) bond motifs is 2. The first-order valence-corrected chi connectivity index (χ1v) is 12.2. The summed E-state index contributed by atoms with van der Waals surface area (Å²) in [6, 6.07) is 15.4. The summed E-state index contributed by atoms with van der Waals surface area (Å²) in [4.78, 5) is 20.8. The normalized spacial score (nSPS) is 23.7. The Morgan fingerprint density at radius 1 is 1.15 bits per heavy atom. The number of carbonyl (C=O) groups excluding carboxylic acids is 1. The van der Waals surface area contributed by atoms with Gasteiger partial charge < -0.3 is 14.7 Å². The standard InChI is InChI=1S/C28H36N2O3/c1-5-6-7-16-25(32)30-22-14-10-9-13-20(22)29-21-17-28(2,3)18-23(31)26(21)27(30)19-12-8-11-15-24(19)33-4/h8-15,23,26-27,31H,5-7,16-18H2,1-4H3/t23-,26+,27-/m0/s1. The van der Waals surface area contributed by atoms with Crippen LogP contribution in [0.4, 0.5) is 11.4 Å². The molecule has 0 unspecified atom stereocenters. The fourth-order valence-electron chi connectivity index (χ4n) is 5.51. The van der Waals surface area contributed by atoms with E-state index in [1.54, 1.807) is 7.11 Å². The number of methoxy groups -OCH3 is 1. The van der Waals surface area contributed by atoms with Gasteiger partial charge in [0.15, 0.2) is 0 Å². The summed E-state index contributed by atoms with van der Waals surface area (Å²) >= 11 is 0. The molecule has 2 aromatic rings. The number of unbranched alkanes of at least 4 members (excludes halogenated alkanes) is 2. The van der Waals surface area contributed by atoms with Crippen LogP contribution < -0.4 is 9.64 Å². The predicted molar refractivity (Wildman–Crippen MR) is 133 cm³/mol. The van der Waals surface area contributed by atoms with Gasteiger partial charge in [0.2, 0.25) is 5.91 Å². The molecule has 33 heavy (non-hydrogen) atoms. The second-order valence-corrected chi connectivity index (χ2v) is 10.1. The Kier molecular flexibility index (Phi) is 6.89. The molecule has 0 spiro atoms. The molecule has 1 aliphatic carbocycles. The summed E-state index contributed by atoms with van der Waals surface area (Å²) in [6.45, 7) is 6.50. The lowest BCUT2D eigenvalue weighted by atomic mass is 9.67. The minimum absolute atomic E-state index is 0.0602. The Labute approximate surface area is 197 Å². The van der Waals surface area contributed by atoms with Crippen LogP contribution in [-0.2, 0) is 4.79 Å². The van der Waals surface area contributed by atoms with E-state index in [1.807, 2.05) is 53.4 Å². The number of carbonyl (C=O) groups is 1. The molecule has 4 rings (SSSR count). The Hall–Kier alpha value is -2.66. The highest BCUT2D eigenvalue weighted by Crippen LogP contribution is 2.51. The van der Waals surface area contributed by atoms with Crippen molar-refractivity contribution in [2.24, 2.45) is 16.3 Å².